The third-order valence-electron chi connectivity index (χ3n) is 13.1. The van der Waals surface area contributed by atoms with E-state index in [2.05, 4.69) is 32.4 Å². The number of carbonyl (C=O) groups excluding carboxylic acids is 2. The van der Waals surface area contributed by atoms with Crippen molar-refractivity contribution in [2.45, 2.75) is 76.3 Å². The minimum Gasteiger partial charge on any atom is -0.507 e. The number of ether oxygens (including phenoxy) is 3. The van der Waals surface area contributed by atoms with E-state index >= 15 is 0 Å². The van der Waals surface area contributed by atoms with Gasteiger partial charge in [0.05, 0.1) is 50.7 Å². The van der Waals surface area contributed by atoms with E-state index < -0.39 is 35.2 Å². The summed E-state index contributed by atoms with van der Waals surface area (Å²) in [5.74, 6) is -0.482. The zero-order valence-electron chi connectivity index (χ0n) is 31.4. The molecule has 288 valence electrons. The summed E-state index contributed by atoms with van der Waals surface area (Å²) in [6.45, 7) is 9.56. The van der Waals surface area contributed by atoms with Gasteiger partial charge in [0.25, 0.3) is 0 Å². The molecule has 2 saturated carbocycles. The van der Waals surface area contributed by atoms with Crippen molar-refractivity contribution in [1.82, 2.24) is 15.5 Å². The van der Waals surface area contributed by atoms with Crippen LogP contribution in [0.1, 0.15) is 52.0 Å². The lowest BCUT2D eigenvalue weighted by Crippen LogP contribution is -2.68. The molecule has 5 N–H and O–H groups in total. The number of anilines is 1. The molecule has 0 aromatic heterocycles. The van der Waals surface area contributed by atoms with E-state index in [0.29, 0.717) is 50.3 Å². The van der Waals surface area contributed by atoms with Crippen LogP contribution in [-0.2, 0) is 23.8 Å². The highest BCUT2D eigenvalue weighted by Crippen LogP contribution is 2.67. The lowest BCUT2D eigenvalue weighted by atomic mass is 9.43. The van der Waals surface area contributed by atoms with Crippen LogP contribution in [0.3, 0.4) is 0 Å². The predicted octanol–water partition coefficient (Wildman–Crippen LogP) is 1.84. The molecule has 1 aromatic rings. The third kappa shape index (κ3) is 6.94. The molecule has 9 atom stereocenters. The monoisotopic (exact) mass is 734 g/mol. The molecular weight excluding hydrogens is 680 g/mol. The molecule has 6 unspecified atom stereocenters. The highest BCUT2D eigenvalue weighted by Gasteiger charge is 2.71. The van der Waals surface area contributed by atoms with E-state index in [1.807, 2.05) is 32.0 Å². The highest BCUT2D eigenvalue weighted by atomic mass is 16.6. The van der Waals surface area contributed by atoms with E-state index in [1.54, 1.807) is 37.4 Å². The Morgan fingerprint density at radius 3 is 2.62 bits per heavy atom. The number of aromatic hydroxyl groups is 1. The number of allylic oxidation sites excluding steroid dienone is 1. The Kier molecular flexibility index (Phi) is 10.3. The van der Waals surface area contributed by atoms with E-state index in [0.717, 1.165) is 31.6 Å². The number of nitrogens with zero attached hydrogens (tertiary/aromatic N) is 4. The molecule has 6 aliphatic rings. The van der Waals surface area contributed by atoms with Crippen molar-refractivity contribution in [3.8, 4) is 5.75 Å². The van der Waals surface area contributed by atoms with E-state index in [1.165, 1.54) is 0 Å². The van der Waals surface area contributed by atoms with Gasteiger partial charge in [-0.2, -0.15) is 0 Å². The van der Waals surface area contributed by atoms with Gasteiger partial charge in [-0.15, -0.1) is 0 Å². The van der Waals surface area contributed by atoms with Gasteiger partial charge in [0, 0.05) is 68.2 Å². The van der Waals surface area contributed by atoms with Gasteiger partial charge in [-0.3, -0.25) is 20.3 Å². The fourth-order valence-electron chi connectivity index (χ4n) is 9.91. The molecule has 4 fully saturated rings. The second kappa shape index (κ2) is 14.5. The van der Waals surface area contributed by atoms with Gasteiger partial charge in [0.15, 0.2) is 0 Å². The molecular formula is C39H54N6O8. The lowest BCUT2D eigenvalue weighted by Gasteiger charge is -2.64. The van der Waals surface area contributed by atoms with Crippen LogP contribution in [-0.4, -0.2) is 134 Å². The van der Waals surface area contributed by atoms with Crippen LogP contribution in [0.15, 0.2) is 45.6 Å². The number of aliphatic hydroxyl groups is 2. The molecule has 1 amide bonds. The first-order chi connectivity index (χ1) is 25.3. The number of guanidine groups is 1. The number of epoxide rings is 1. The zero-order valence-corrected chi connectivity index (χ0v) is 31.4. The van der Waals surface area contributed by atoms with E-state index in [4.69, 9.17) is 14.2 Å². The number of rotatable bonds is 10. The quantitative estimate of drug-likeness (QED) is 0.175. The van der Waals surface area contributed by atoms with Crippen LogP contribution < -0.4 is 15.5 Å². The van der Waals surface area contributed by atoms with Crippen LogP contribution in [0.5, 0.6) is 5.75 Å². The molecule has 14 nitrogen and oxygen atoms in total. The van der Waals surface area contributed by atoms with Crippen LogP contribution in [0.25, 0.3) is 6.08 Å². The maximum atomic E-state index is 13.9. The first-order valence-corrected chi connectivity index (χ1v) is 18.8. The molecule has 2 aliphatic carbocycles. The maximum absolute atomic E-state index is 13.9. The summed E-state index contributed by atoms with van der Waals surface area (Å²) in [5.41, 5.74) is 0.0425. The number of fused-ring (bicyclic) bond motifs is 1. The Bertz CT molecular complexity index is 1720. The SMILES string of the molecule is CC(NC(CC1C2(CO2)C(N2CCOCC2)CC2[C@]1(C)CC[C@@H](O)[C@@]2(C)CO)C1=C/C(=C\c2ccc(N(C)C)cc2O)OC1=O)C(=O)NC1=NCC=N1. The minimum atomic E-state index is -0.753. The number of hydrogen-bond acceptors (Lipinski definition) is 13. The summed E-state index contributed by atoms with van der Waals surface area (Å²) in [6, 6.07) is 3.91. The second-order valence-corrected chi connectivity index (χ2v) is 16.3. The lowest BCUT2D eigenvalue weighted by molar-refractivity contribution is -0.197. The third-order valence-corrected chi connectivity index (χ3v) is 13.1. The molecule has 4 heterocycles. The van der Waals surface area contributed by atoms with Gasteiger partial charge in [-0.25, -0.2) is 14.8 Å². The number of carbonyl (C=O) groups is 2. The Labute approximate surface area is 311 Å². The summed E-state index contributed by atoms with van der Waals surface area (Å²) in [5, 5.41) is 39.4. The average Bonchev–Trinajstić information content (AvgIpc) is 3.56. The first-order valence-electron chi connectivity index (χ1n) is 18.8. The molecule has 7 rings (SSSR count). The Hall–Kier alpha value is -3.66. The predicted molar refractivity (Wildman–Crippen MR) is 200 cm³/mol. The number of nitrogens with one attached hydrogen (secondary N) is 2. The van der Waals surface area contributed by atoms with Crippen molar-refractivity contribution in [2.24, 2.45) is 32.7 Å². The van der Waals surface area contributed by atoms with Crippen molar-refractivity contribution >= 4 is 35.8 Å². The molecule has 0 radical (unpaired) electrons. The molecule has 1 spiro atoms. The van der Waals surface area contributed by atoms with Gasteiger partial charge in [-0.1, -0.05) is 13.8 Å². The highest BCUT2D eigenvalue weighted by molar-refractivity contribution is 6.04. The number of phenols is 1. The number of esters is 1. The second-order valence-electron chi connectivity index (χ2n) is 16.3. The summed E-state index contributed by atoms with van der Waals surface area (Å²) >= 11 is 0. The van der Waals surface area contributed by atoms with Gasteiger partial charge in [0.2, 0.25) is 11.9 Å². The van der Waals surface area contributed by atoms with Crippen molar-refractivity contribution in [3.05, 3.63) is 41.2 Å². The number of morpholine rings is 1. The summed E-state index contributed by atoms with van der Waals surface area (Å²) in [7, 11) is 3.77. The number of hydrogen-bond donors (Lipinski definition) is 5. The molecule has 53 heavy (non-hydrogen) atoms. The number of benzene rings is 1. The zero-order chi connectivity index (χ0) is 37.7. The fourth-order valence-corrected chi connectivity index (χ4v) is 9.91. The molecule has 1 aromatic carbocycles. The summed E-state index contributed by atoms with van der Waals surface area (Å²) in [6.07, 6.45) is 6.73. The summed E-state index contributed by atoms with van der Waals surface area (Å²) in [4.78, 5) is 40.0. The molecule has 0 bridgehead atoms. The van der Waals surface area contributed by atoms with Gasteiger partial charge >= 0.3 is 5.97 Å². The van der Waals surface area contributed by atoms with Crippen molar-refractivity contribution in [3.63, 3.8) is 0 Å². The van der Waals surface area contributed by atoms with Crippen LogP contribution >= 0.6 is 0 Å². The van der Waals surface area contributed by atoms with E-state index in [9.17, 15) is 24.9 Å². The Balaban J connectivity index is 1.27. The normalized spacial score (nSPS) is 35.8. The van der Waals surface area contributed by atoms with Crippen molar-refractivity contribution in [1.29, 1.82) is 0 Å². The fraction of sp³-hybridized carbons (Fsp3) is 0.641. The van der Waals surface area contributed by atoms with Gasteiger partial charge in [-0.05, 0) is 74.1 Å². The summed E-state index contributed by atoms with van der Waals surface area (Å²) < 4.78 is 18.2. The average molecular weight is 735 g/mol. The van der Waals surface area contributed by atoms with Crippen molar-refractivity contribution < 1.29 is 39.1 Å². The number of aliphatic hydroxyl groups excluding tert-OH is 2. The number of cyclic esters (lactones) is 1. The molecule has 4 aliphatic heterocycles. The van der Waals surface area contributed by atoms with Crippen molar-refractivity contribution in [2.75, 3.05) is 65.1 Å². The minimum absolute atomic E-state index is 0.0124. The standard InChI is InChI=1S/C39H54N6O8/c1-23(34(49)43-36-40-10-11-41-36)42-28(27-18-26(53-35(27)50)16-24-6-7-25(44(4)5)17-29(24)47)19-31-37(2)9-8-33(48)38(3,21-46)30(37)20-32(39(31)22-52-39)45-12-14-51-15-13-45/h6-7,10,16-18,23,28,30-33,42,46-48H,8-9,11-15,19-22H2,1-5H3,(H,41,43,49)/b26-16+/t23?,28?,30?,31?,32?,33-,37+,38+,39?/m1/s1. The largest absolute Gasteiger partial charge is 0.507 e. The van der Waals surface area contributed by atoms with E-state index in [-0.39, 0.29) is 53.3 Å². The van der Waals surface area contributed by atoms with Gasteiger partial charge < -0.3 is 34.4 Å². The number of aliphatic imine (C=N–C) groups is 2. The topological polar surface area (TPSA) is 181 Å². The van der Waals surface area contributed by atoms with Crippen LogP contribution in [0, 0.1) is 22.7 Å². The Morgan fingerprint density at radius 2 is 1.98 bits per heavy atom. The number of amides is 1. The Morgan fingerprint density at radius 1 is 1.23 bits per heavy atom. The smallest absolute Gasteiger partial charge is 0.341 e. The van der Waals surface area contributed by atoms with Crippen LogP contribution in [0.4, 0.5) is 5.69 Å². The number of phenolic OH excluding ortho intramolecular Hbond substituents is 1. The molecule has 14 heteroatoms. The maximum Gasteiger partial charge on any atom is 0.341 e. The first kappa shape index (κ1) is 37.6. The molecule has 2 saturated heterocycles. The van der Waals surface area contributed by atoms with Crippen LogP contribution in [0.2, 0.25) is 0 Å². The van der Waals surface area contributed by atoms with Gasteiger partial charge in [0.1, 0.15) is 17.1 Å².